The van der Waals surface area contributed by atoms with E-state index in [9.17, 15) is 0 Å². The van der Waals surface area contributed by atoms with Crippen molar-refractivity contribution in [2.45, 2.75) is 0 Å². The predicted octanol–water partition coefficient (Wildman–Crippen LogP) is 24.8. The molecule has 35 heteroatoms. The fraction of sp³-hybridized carbons (Fsp3) is 0.0104. The zero-order valence-corrected chi connectivity index (χ0v) is 75.2. The van der Waals surface area contributed by atoms with Crippen LogP contribution in [0, 0.1) is 0 Å². The minimum absolute atomic E-state index is 0.778. The predicted molar refractivity (Wildman–Crippen MR) is 529 cm³/mol. The van der Waals surface area contributed by atoms with Gasteiger partial charge in [0, 0.05) is 204 Å². The number of hydrogen-bond acceptors (Lipinski definition) is 30. The summed E-state index contributed by atoms with van der Waals surface area (Å²) in [5.74, 6) is 0. The Bertz CT molecular complexity index is 5000. The molecular formula is C96H92N26O3S6. The zero-order chi connectivity index (χ0) is 91.3. The average molecular weight is 1850 g/mol. The van der Waals surface area contributed by atoms with Gasteiger partial charge in [0.15, 0.2) is 6.39 Å². The van der Waals surface area contributed by atoms with Crippen LogP contribution in [0.3, 0.4) is 0 Å². The fourth-order valence-corrected chi connectivity index (χ4v) is 11.9. The maximum atomic E-state index is 4.58. The van der Waals surface area contributed by atoms with Crippen molar-refractivity contribution < 1.29 is 13.4 Å². The van der Waals surface area contributed by atoms with Crippen molar-refractivity contribution in [3.8, 4) is 0 Å². The first-order valence-electron chi connectivity index (χ1n) is 38.9. The summed E-state index contributed by atoms with van der Waals surface area (Å²) in [6, 6.07) is 72.9. The van der Waals surface area contributed by atoms with Gasteiger partial charge in [0.1, 0.15) is 25.2 Å². The number of azo groups is 1. The van der Waals surface area contributed by atoms with Gasteiger partial charge in [-0.3, -0.25) is 50.0 Å². The highest BCUT2D eigenvalue weighted by Gasteiger charge is 1.93. The van der Waals surface area contributed by atoms with Crippen LogP contribution < -0.4 is 0 Å². The zero-order valence-electron chi connectivity index (χ0n) is 70.3. The molecule has 0 unspecified atom stereocenters. The number of rotatable bonds is 0. The third kappa shape index (κ3) is 58.8. The van der Waals surface area contributed by atoms with Gasteiger partial charge in [-0.15, -0.1) is 45.3 Å². The molecule has 0 saturated carbocycles. The average Bonchev–Trinajstić information content (AvgIpc) is 1.85. The number of para-hydroxylation sites is 5. The summed E-state index contributed by atoms with van der Waals surface area (Å²) < 4.78 is 21.3. The Hall–Kier alpha value is -16.8. The monoisotopic (exact) mass is 1850 g/mol. The van der Waals surface area contributed by atoms with Crippen LogP contribution >= 0.6 is 68.2 Å². The second-order valence-electron chi connectivity index (χ2n) is 22.8. The highest BCUT2D eigenvalue weighted by Crippen LogP contribution is 2.25. The van der Waals surface area contributed by atoms with Gasteiger partial charge in [0.25, 0.3) is 0 Å². The van der Waals surface area contributed by atoms with E-state index in [1.807, 2.05) is 192 Å². The van der Waals surface area contributed by atoms with Crippen LogP contribution in [-0.2, 0) is 0 Å². The number of aromatic nitrogens is 24. The Morgan fingerprint density at radius 3 is 1.21 bits per heavy atom. The second kappa shape index (κ2) is 79.1. The van der Waals surface area contributed by atoms with Gasteiger partial charge in [-0.1, -0.05) is 90.1 Å². The Morgan fingerprint density at radius 1 is 0.298 bits per heavy atom. The fourth-order valence-electron chi connectivity index (χ4n) is 8.13. The van der Waals surface area contributed by atoms with Crippen LogP contribution in [0.4, 0.5) is 0 Å². The number of oxazole rings is 1. The van der Waals surface area contributed by atoms with E-state index >= 15 is 0 Å². The molecule has 0 amide bonds. The molecule has 660 valence electrons. The van der Waals surface area contributed by atoms with E-state index in [0.717, 1.165) is 28.6 Å². The first-order valence-corrected chi connectivity index (χ1v) is 44.3. The number of nitrogens with one attached hydrogen (secondary N) is 5. The Kier molecular flexibility index (Phi) is 62.2. The summed E-state index contributed by atoms with van der Waals surface area (Å²) in [5.41, 5.74) is 7.02. The third-order valence-corrected chi connectivity index (χ3v) is 18.1. The first kappa shape index (κ1) is 103. The molecule has 22 heterocycles. The number of imidazole rings is 2. The number of hydrogen-bond donors (Lipinski definition) is 5. The number of thiazole rings is 1. The van der Waals surface area contributed by atoms with E-state index in [-0.39, 0.29) is 0 Å². The largest absolute Gasteiger partial charge is 0.473 e. The lowest BCUT2D eigenvalue weighted by molar-refractivity contribution is 0.420. The van der Waals surface area contributed by atoms with Crippen LogP contribution in [0.25, 0.3) is 52.5 Å². The highest BCUT2D eigenvalue weighted by molar-refractivity contribution is 7.25. The topological polar surface area (TPSA) is 388 Å². The molecule has 0 bridgehead atoms. The smallest absolute Gasteiger partial charge is 0.180 e. The van der Waals surface area contributed by atoms with Crippen molar-refractivity contribution in [3.05, 3.63) is 516 Å². The molecule has 1 aliphatic heterocycles. The molecule has 0 radical (unpaired) electrons. The number of benzene rings is 4. The van der Waals surface area contributed by atoms with E-state index in [2.05, 4.69) is 220 Å². The lowest BCUT2D eigenvalue weighted by Crippen LogP contribution is -1.78. The molecule has 1 aliphatic rings. The van der Waals surface area contributed by atoms with E-state index in [4.69, 9.17) is 0 Å². The maximum absolute atomic E-state index is 4.58. The molecule has 0 aliphatic carbocycles. The van der Waals surface area contributed by atoms with Crippen molar-refractivity contribution in [2.75, 3.05) is 6.54 Å². The molecule has 5 N–H and O–H groups in total. The van der Waals surface area contributed by atoms with Crippen LogP contribution in [0.15, 0.2) is 540 Å². The van der Waals surface area contributed by atoms with Crippen LogP contribution in [0.1, 0.15) is 0 Å². The van der Waals surface area contributed by atoms with Gasteiger partial charge in [-0.25, -0.2) is 39.3 Å². The van der Waals surface area contributed by atoms with E-state index < -0.39 is 0 Å². The minimum Gasteiger partial charge on any atom is -0.473 e. The molecule has 21 aromatic heterocycles. The number of aromatic amines is 5. The number of pyridine rings is 2. The Morgan fingerprint density at radius 2 is 0.885 bits per heavy atom. The molecule has 25 aromatic rings. The number of thiophene rings is 4. The third-order valence-electron chi connectivity index (χ3n) is 13.6. The summed E-state index contributed by atoms with van der Waals surface area (Å²) in [6.45, 7) is 0.778. The summed E-state index contributed by atoms with van der Waals surface area (Å²) in [6.07, 6.45) is 67.1. The molecule has 26 rings (SSSR count). The van der Waals surface area contributed by atoms with E-state index in [1.54, 1.807) is 273 Å². The van der Waals surface area contributed by atoms with Gasteiger partial charge in [0.05, 0.1) is 71.7 Å². The number of nitrogens with zero attached hydrogens (tertiary/aromatic N) is 21. The van der Waals surface area contributed by atoms with Crippen molar-refractivity contribution in [3.63, 3.8) is 0 Å². The lowest BCUT2D eigenvalue weighted by atomic mass is 10.3. The normalized spacial score (nSPS) is 9.13. The number of fused-ring (bicyclic) bond motifs is 5. The van der Waals surface area contributed by atoms with Gasteiger partial charge in [-0.05, 0) is 195 Å². The molecule has 4 aromatic carbocycles. The van der Waals surface area contributed by atoms with Crippen LogP contribution in [0.5, 0.6) is 0 Å². The van der Waals surface area contributed by atoms with Crippen LogP contribution in [-0.4, -0.2) is 126 Å². The van der Waals surface area contributed by atoms with Gasteiger partial charge in [-0.2, -0.15) is 26.7 Å². The van der Waals surface area contributed by atoms with Gasteiger partial charge in [0.2, 0.25) is 0 Å². The molecule has 0 fully saturated rings. The SMILES string of the molecule is C1=CN=NC1.c1c[nH]cn1.c1cc2sccc2s1.c1cc[nH]c1.c1ccc2[nH]ccc2c1.c1ccc2[nH]cnc2c1.c1ccc2nccnc2c1.c1ccc2sccc2c1.c1ccncc1.c1ccncc1.c1ccoc1.c1ccsc1.c1cn[nH]c1.c1cnccn1.c1cnccn1.c1cncnc1.c1cncnc1.c1cnoc1.c1cnsc1.c1cocn1.c1cscn1. The van der Waals surface area contributed by atoms with Crippen molar-refractivity contribution >= 4 is 121 Å². The molecule has 0 atom stereocenters. The number of H-pyrrole nitrogens is 5. The quantitative estimate of drug-likeness (QED) is 0.0941. The van der Waals surface area contributed by atoms with Crippen molar-refractivity contribution in [1.82, 2.24) is 119 Å². The van der Waals surface area contributed by atoms with Crippen molar-refractivity contribution in [2.24, 2.45) is 10.2 Å². The summed E-state index contributed by atoms with van der Waals surface area (Å²) in [7, 11) is 0. The van der Waals surface area contributed by atoms with E-state index in [0.29, 0.717) is 0 Å². The van der Waals surface area contributed by atoms with E-state index in [1.165, 1.54) is 73.5 Å². The molecule has 0 saturated heterocycles. The molecule has 131 heavy (non-hydrogen) atoms. The van der Waals surface area contributed by atoms with Crippen molar-refractivity contribution in [1.29, 1.82) is 0 Å². The van der Waals surface area contributed by atoms with Gasteiger partial charge < -0.3 is 33.3 Å². The molecule has 29 nitrogen and oxygen atoms in total. The summed E-state index contributed by atoms with van der Waals surface area (Å²) in [4.78, 5) is 72.2. The Labute approximate surface area is 780 Å². The summed E-state index contributed by atoms with van der Waals surface area (Å²) >= 11 is 10.2. The second-order valence-corrected chi connectivity index (χ2v) is 27.9. The standard InChI is InChI=1S/C8H6N2.C8H7N.C8H6S.C7H6N2.C6H4S2.2C5H5N.4C4H4N2.C4H5N.C4H4O.C4H4S.3C3H4N2.2C3H3NO.2C3H3NS/c1-2-4-8-7(3-1)9-5-6-10-8;2*1-2-4-8-7(3-1)5-6-9-8;1-2-4-7-6(3-1)8-5-9-7;1-3-7-6-2-4-8-5(1)6;2*1-2-4-6-5-3-1;2*1-2-6-4-3-5-1;2*1-2-5-4-6-3-1;3*1-2-4-5-3-1;1-2-5-3-4-1;2*1-2-4-5-3-1;1-2-5-3-4-1;1-2-4-5-3-1;1-2-5-3-4-1;1-2-4-5-3-1/h1-6H;1-6,9H;1-6H;1-5H,(H,8,9);1-4H;2*1-5H;4*1-4H;1-5H;2*1-4H;1-3H,(H,4,5);1-2H,3H2;1-3H,(H,4,5);4*1-3H. The lowest BCUT2D eigenvalue weighted by Gasteiger charge is -1.90. The highest BCUT2D eigenvalue weighted by atomic mass is 32.1. The Balaban J connectivity index is 0.000000213. The first-order chi connectivity index (χ1) is 65.3. The molecule has 0 spiro atoms. The minimum atomic E-state index is 0.778. The summed E-state index contributed by atoms with van der Waals surface area (Å²) in [5, 5.41) is 33.6. The molecular weight excluding hydrogens is 1760 g/mol. The van der Waals surface area contributed by atoms with Crippen LogP contribution in [0.2, 0.25) is 0 Å². The maximum Gasteiger partial charge on any atom is 0.180 e. The van der Waals surface area contributed by atoms with Gasteiger partial charge >= 0.3 is 0 Å². The number of furan rings is 1.